The Bertz CT molecular complexity index is 674. The van der Waals surface area contributed by atoms with Gasteiger partial charge in [-0.3, -0.25) is 9.59 Å². The molecule has 0 fully saturated rings. The average molecular weight is 287 g/mol. The van der Waals surface area contributed by atoms with Gasteiger partial charge in [0.1, 0.15) is 11.9 Å². The molecule has 108 valence electrons. The van der Waals surface area contributed by atoms with Crippen molar-refractivity contribution in [3.8, 4) is 0 Å². The fourth-order valence-electron chi connectivity index (χ4n) is 1.82. The largest absolute Gasteiger partial charge is 0.366 e. The van der Waals surface area contributed by atoms with Gasteiger partial charge in [0.2, 0.25) is 5.91 Å². The highest BCUT2D eigenvalue weighted by Gasteiger charge is 2.16. The maximum atomic E-state index is 13.3. The summed E-state index contributed by atoms with van der Waals surface area (Å²) in [4.78, 5) is 23.1. The second-order valence-corrected chi connectivity index (χ2v) is 4.44. The van der Waals surface area contributed by atoms with E-state index in [9.17, 15) is 14.0 Å². The molecule has 2 aromatic rings. The highest BCUT2D eigenvalue weighted by molar-refractivity contribution is 5.98. The predicted octanol–water partition coefficient (Wildman–Crippen LogP) is 1.56. The zero-order chi connectivity index (χ0) is 15.4. The van der Waals surface area contributed by atoms with Crippen LogP contribution >= 0.6 is 0 Å². The third-order valence-electron chi connectivity index (χ3n) is 2.94. The van der Waals surface area contributed by atoms with E-state index in [0.717, 1.165) is 6.07 Å². The number of carbonyl (C=O) groups is 2. The van der Waals surface area contributed by atoms with Gasteiger partial charge in [0.05, 0.1) is 5.56 Å². The second-order valence-electron chi connectivity index (χ2n) is 4.44. The highest BCUT2D eigenvalue weighted by Crippen LogP contribution is 2.17. The zero-order valence-corrected chi connectivity index (χ0v) is 11.0. The molecule has 0 aromatic heterocycles. The van der Waals surface area contributed by atoms with Crippen LogP contribution in [0.25, 0.3) is 0 Å². The number of nitrogens with two attached hydrogens (primary N) is 2. The molecule has 6 heteroatoms. The average Bonchev–Trinajstić information content (AvgIpc) is 2.49. The third kappa shape index (κ3) is 3.43. The standard InChI is InChI=1S/C15H14FN3O2/c16-12-7-6-10(8-11(12)14(18)20)19-15(21)13(17)9-4-2-1-3-5-9/h1-8,13H,17H2,(H2,18,20)(H,19,21). The summed E-state index contributed by atoms with van der Waals surface area (Å²) in [5, 5.41) is 2.52. The summed E-state index contributed by atoms with van der Waals surface area (Å²) in [6, 6.07) is 11.5. The van der Waals surface area contributed by atoms with Gasteiger partial charge in [-0.25, -0.2) is 4.39 Å². The van der Waals surface area contributed by atoms with E-state index in [0.29, 0.717) is 5.56 Å². The lowest BCUT2D eigenvalue weighted by Crippen LogP contribution is -2.27. The molecule has 5 nitrogen and oxygen atoms in total. The van der Waals surface area contributed by atoms with Crippen LogP contribution < -0.4 is 16.8 Å². The van der Waals surface area contributed by atoms with E-state index in [1.165, 1.54) is 12.1 Å². The Balaban J connectivity index is 2.16. The Morgan fingerprint density at radius 1 is 1.10 bits per heavy atom. The molecule has 0 bridgehead atoms. The molecular weight excluding hydrogens is 273 g/mol. The Morgan fingerprint density at radius 2 is 1.76 bits per heavy atom. The van der Waals surface area contributed by atoms with E-state index in [1.807, 2.05) is 6.07 Å². The molecule has 1 atom stereocenters. The molecule has 5 N–H and O–H groups in total. The molecule has 0 spiro atoms. The molecule has 0 heterocycles. The van der Waals surface area contributed by atoms with Gasteiger partial charge >= 0.3 is 0 Å². The topological polar surface area (TPSA) is 98.2 Å². The third-order valence-corrected chi connectivity index (χ3v) is 2.94. The Kier molecular flexibility index (Phi) is 4.30. The summed E-state index contributed by atoms with van der Waals surface area (Å²) in [6.07, 6.45) is 0. The van der Waals surface area contributed by atoms with Crippen LogP contribution in [0.2, 0.25) is 0 Å². The van der Waals surface area contributed by atoms with Gasteiger partial charge in [-0.2, -0.15) is 0 Å². The Labute approximate surface area is 120 Å². The molecule has 2 amide bonds. The number of anilines is 1. The highest BCUT2D eigenvalue weighted by atomic mass is 19.1. The van der Waals surface area contributed by atoms with Crippen molar-refractivity contribution in [2.45, 2.75) is 6.04 Å². The van der Waals surface area contributed by atoms with Crippen LogP contribution in [0.1, 0.15) is 22.0 Å². The number of rotatable bonds is 4. The minimum absolute atomic E-state index is 0.251. The van der Waals surface area contributed by atoms with Crippen molar-refractivity contribution in [1.29, 1.82) is 0 Å². The number of primary amides is 1. The Morgan fingerprint density at radius 3 is 2.38 bits per heavy atom. The van der Waals surface area contributed by atoms with Crippen LogP contribution in [0.15, 0.2) is 48.5 Å². The summed E-state index contributed by atoms with van der Waals surface area (Å²) in [7, 11) is 0. The molecule has 0 saturated heterocycles. The van der Waals surface area contributed by atoms with Crippen LogP contribution in [0.3, 0.4) is 0 Å². The van der Waals surface area contributed by atoms with E-state index >= 15 is 0 Å². The lowest BCUT2D eigenvalue weighted by atomic mass is 10.1. The van der Waals surface area contributed by atoms with Gasteiger partial charge in [0.15, 0.2) is 0 Å². The van der Waals surface area contributed by atoms with Gasteiger partial charge < -0.3 is 16.8 Å². The first-order valence-electron chi connectivity index (χ1n) is 6.20. The normalized spacial score (nSPS) is 11.7. The minimum Gasteiger partial charge on any atom is -0.366 e. The molecule has 0 radical (unpaired) electrons. The molecular formula is C15H14FN3O2. The number of amides is 2. The second kappa shape index (κ2) is 6.15. The van der Waals surface area contributed by atoms with Gasteiger partial charge in [-0.05, 0) is 23.8 Å². The fraction of sp³-hybridized carbons (Fsp3) is 0.0667. The lowest BCUT2D eigenvalue weighted by Gasteiger charge is -2.13. The SMILES string of the molecule is NC(=O)c1cc(NC(=O)C(N)c2ccccc2)ccc1F. The first kappa shape index (κ1) is 14.7. The van der Waals surface area contributed by atoms with E-state index < -0.39 is 23.7 Å². The van der Waals surface area contributed by atoms with Crippen molar-refractivity contribution >= 4 is 17.5 Å². The quantitative estimate of drug-likeness (QED) is 0.795. The van der Waals surface area contributed by atoms with Gasteiger partial charge in [0.25, 0.3) is 5.91 Å². The summed E-state index contributed by atoms with van der Waals surface area (Å²) in [6.45, 7) is 0. The predicted molar refractivity (Wildman–Crippen MR) is 76.9 cm³/mol. The monoisotopic (exact) mass is 287 g/mol. The molecule has 2 rings (SSSR count). The molecule has 21 heavy (non-hydrogen) atoms. The Hall–Kier alpha value is -2.73. The molecule has 0 aliphatic carbocycles. The maximum Gasteiger partial charge on any atom is 0.251 e. The first-order chi connectivity index (χ1) is 9.99. The maximum absolute atomic E-state index is 13.3. The number of hydrogen-bond donors (Lipinski definition) is 3. The van der Waals surface area contributed by atoms with Crippen LogP contribution in [0.5, 0.6) is 0 Å². The summed E-state index contributed by atoms with van der Waals surface area (Å²) in [5.74, 6) is -2.12. The van der Waals surface area contributed by atoms with Crippen molar-refractivity contribution in [3.05, 3.63) is 65.5 Å². The van der Waals surface area contributed by atoms with Crippen LogP contribution in [-0.4, -0.2) is 11.8 Å². The van der Waals surface area contributed by atoms with Gasteiger partial charge in [-0.15, -0.1) is 0 Å². The summed E-state index contributed by atoms with van der Waals surface area (Å²) in [5.41, 5.74) is 11.5. The summed E-state index contributed by atoms with van der Waals surface area (Å²) >= 11 is 0. The molecule has 0 aliphatic heterocycles. The van der Waals surface area contributed by atoms with Crippen molar-refractivity contribution in [3.63, 3.8) is 0 Å². The minimum atomic E-state index is -0.907. The van der Waals surface area contributed by atoms with E-state index in [2.05, 4.69) is 5.32 Å². The van der Waals surface area contributed by atoms with Crippen LogP contribution in [-0.2, 0) is 4.79 Å². The molecule has 0 aliphatic rings. The van der Waals surface area contributed by atoms with Crippen molar-refractivity contribution < 1.29 is 14.0 Å². The first-order valence-corrected chi connectivity index (χ1v) is 6.20. The number of halogens is 1. The van der Waals surface area contributed by atoms with Crippen LogP contribution in [0, 0.1) is 5.82 Å². The number of carbonyl (C=O) groups excluding carboxylic acids is 2. The van der Waals surface area contributed by atoms with Crippen molar-refractivity contribution in [1.82, 2.24) is 0 Å². The molecule has 0 saturated carbocycles. The van der Waals surface area contributed by atoms with Crippen molar-refractivity contribution in [2.24, 2.45) is 11.5 Å². The smallest absolute Gasteiger partial charge is 0.251 e. The van der Waals surface area contributed by atoms with E-state index in [1.54, 1.807) is 24.3 Å². The van der Waals surface area contributed by atoms with E-state index in [4.69, 9.17) is 11.5 Å². The summed E-state index contributed by atoms with van der Waals surface area (Å²) < 4.78 is 13.3. The van der Waals surface area contributed by atoms with Crippen molar-refractivity contribution in [2.75, 3.05) is 5.32 Å². The zero-order valence-electron chi connectivity index (χ0n) is 11.0. The number of benzene rings is 2. The van der Waals surface area contributed by atoms with Crippen LogP contribution in [0.4, 0.5) is 10.1 Å². The van der Waals surface area contributed by atoms with Gasteiger partial charge in [0, 0.05) is 5.69 Å². The number of nitrogens with one attached hydrogen (secondary N) is 1. The fourth-order valence-corrected chi connectivity index (χ4v) is 1.82. The van der Waals surface area contributed by atoms with Gasteiger partial charge in [-0.1, -0.05) is 30.3 Å². The molecule has 2 aromatic carbocycles. The lowest BCUT2D eigenvalue weighted by molar-refractivity contribution is -0.117. The molecule has 1 unspecified atom stereocenters. The van der Waals surface area contributed by atoms with E-state index in [-0.39, 0.29) is 11.3 Å². The number of hydrogen-bond acceptors (Lipinski definition) is 3.